The highest BCUT2D eigenvalue weighted by Gasteiger charge is 2.52. The minimum Gasteiger partial charge on any atom is -0.457 e. The number of rotatable bonds is 2. The molecule has 1 aromatic heterocycles. The number of hydrogen-bond donors (Lipinski definition) is 0. The lowest BCUT2D eigenvalue weighted by atomic mass is 9.65. The van der Waals surface area contributed by atoms with Crippen LogP contribution in [0.2, 0.25) is 0 Å². The molecule has 1 aliphatic heterocycles. The van der Waals surface area contributed by atoms with Crippen LogP contribution >= 0.6 is 0 Å². The van der Waals surface area contributed by atoms with Crippen LogP contribution < -0.4 is 4.74 Å². The van der Waals surface area contributed by atoms with E-state index in [1.54, 1.807) is 0 Å². The summed E-state index contributed by atoms with van der Waals surface area (Å²) in [5, 5.41) is 2.28. The Kier molecular flexibility index (Phi) is 4.95. The monoisotopic (exact) mass is 574 g/mol. The van der Waals surface area contributed by atoms with E-state index in [0.717, 1.165) is 50.1 Å². The number of ether oxygens (including phenoxy) is 1. The maximum absolute atomic E-state index is 6.91. The van der Waals surface area contributed by atoms with E-state index in [1.165, 1.54) is 38.9 Å². The molecule has 2 heteroatoms. The van der Waals surface area contributed by atoms with Crippen LogP contribution in [0.3, 0.4) is 0 Å². The highest BCUT2D eigenvalue weighted by molar-refractivity contribution is 6.18. The molecule has 210 valence electrons. The number of benzene rings is 7. The van der Waals surface area contributed by atoms with Crippen LogP contribution in [0.25, 0.3) is 55.3 Å². The standard InChI is InChI=1S/C43H26O2/c1-3-13-27(14-4-1)29-23-24-30-35(25-29)43(33-18-8-11-21-38(33)44-39-22-12-9-19-34(39)43)36-26-32(28-15-5-2-6-16-28)40-31-17-7-10-20-37(31)45-42(40)41(30)36/h1-26H. The average Bonchev–Trinajstić information content (AvgIpc) is 3.63. The zero-order valence-electron chi connectivity index (χ0n) is 24.3. The molecule has 0 atom stereocenters. The zero-order chi connectivity index (χ0) is 29.5. The molecule has 0 saturated heterocycles. The van der Waals surface area contributed by atoms with E-state index in [4.69, 9.17) is 9.15 Å². The van der Waals surface area contributed by atoms with Gasteiger partial charge < -0.3 is 9.15 Å². The summed E-state index contributed by atoms with van der Waals surface area (Å²) in [5.74, 6) is 1.76. The minimum absolute atomic E-state index is 0.614. The lowest BCUT2D eigenvalue weighted by Gasteiger charge is -2.39. The summed E-state index contributed by atoms with van der Waals surface area (Å²) in [4.78, 5) is 0. The molecule has 0 unspecified atom stereocenters. The van der Waals surface area contributed by atoms with Gasteiger partial charge in [0.05, 0.1) is 5.41 Å². The third-order valence-corrected chi connectivity index (χ3v) is 9.74. The fourth-order valence-corrected chi connectivity index (χ4v) is 7.91. The van der Waals surface area contributed by atoms with Gasteiger partial charge in [0.25, 0.3) is 0 Å². The van der Waals surface area contributed by atoms with Crippen LogP contribution in [0.1, 0.15) is 22.3 Å². The third-order valence-electron chi connectivity index (χ3n) is 9.74. The van der Waals surface area contributed by atoms with Crippen molar-refractivity contribution in [1.29, 1.82) is 0 Å². The molecule has 45 heavy (non-hydrogen) atoms. The van der Waals surface area contributed by atoms with Crippen molar-refractivity contribution in [2.75, 3.05) is 0 Å². The van der Waals surface area contributed by atoms with Crippen molar-refractivity contribution >= 4 is 21.9 Å². The van der Waals surface area contributed by atoms with Gasteiger partial charge in [-0.3, -0.25) is 0 Å². The Morgan fingerprint density at radius 3 is 1.78 bits per heavy atom. The van der Waals surface area contributed by atoms with Crippen LogP contribution in [0.4, 0.5) is 0 Å². The lowest BCUT2D eigenvalue weighted by molar-refractivity contribution is 0.436. The van der Waals surface area contributed by atoms with Gasteiger partial charge in [-0.2, -0.15) is 0 Å². The SMILES string of the molecule is c1ccc(-c2ccc3c(c2)C2(c4ccccc4Oc4ccccc42)c2cc(-c4ccccc4)c4c(oc5ccccc54)c2-3)cc1. The van der Waals surface area contributed by atoms with Crippen molar-refractivity contribution in [2.45, 2.75) is 5.41 Å². The first-order valence-corrected chi connectivity index (χ1v) is 15.4. The Morgan fingerprint density at radius 2 is 1.04 bits per heavy atom. The van der Waals surface area contributed by atoms with Crippen molar-refractivity contribution < 1.29 is 9.15 Å². The van der Waals surface area contributed by atoms with Gasteiger partial charge in [0.1, 0.15) is 22.7 Å². The van der Waals surface area contributed by atoms with Gasteiger partial charge >= 0.3 is 0 Å². The van der Waals surface area contributed by atoms with Crippen molar-refractivity contribution in [1.82, 2.24) is 0 Å². The van der Waals surface area contributed by atoms with Crippen molar-refractivity contribution in [2.24, 2.45) is 0 Å². The van der Waals surface area contributed by atoms with Crippen molar-refractivity contribution in [3.8, 4) is 44.9 Å². The molecule has 0 N–H and O–H groups in total. The summed E-state index contributed by atoms with van der Waals surface area (Å²) in [6.45, 7) is 0. The maximum atomic E-state index is 6.91. The second-order valence-corrected chi connectivity index (χ2v) is 12.0. The fourth-order valence-electron chi connectivity index (χ4n) is 7.91. The molecule has 1 spiro atoms. The van der Waals surface area contributed by atoms with Crippen LogP contribution in [0.15, 0.2) is 162 Å². The predicted octanol–water partition coefficient (Wildman–Crippen LogP) is 11.4. The van der Waals surface area contributed by atoms with E-state index in [0.29, 0.717) is 0 Å². The van der Waals surface area contributed by atoms with Gasteiger partial charge in [0.2, 0.25) is 0 Å². The molecule has 0 saturated carbocycles. The number of para-hydroxylation sites is 3. The highest BCUT2D eigenvalue weighted by Crippen LogP contribution is 2.64. The van der Waals surface area contributed by atoms with Gasteiger partial charge in [0, 0.05) is 27.5 Å². The Balaban J connectivity index is 1.44. The Hall–Kier alpha value is -5.86. The maximum Gasteiger partial charge on any atom is 0.144 e. The van der Waals surface area contributed by atoms with Crippen LogP contribution in [0, 0.1) is 0 Å². The van der Waals surface area contributed by atoms with E-state index < -0.39 is 5.41 Å². The van der Waals surface area contributed by atoms with Gasteiger partial charge in [0.15, 0.2) is 0 Å². The molecular weight excluding hydrogens is 548 g/mol. The normalized spacial score (nSPS) is 13.7. The second-order valence-electron chi connectivity index (χ2n) is 12.0. The topological polar surface area (TPSA) is 22.4 Å². The summed E-state index contributed by atoms with van der Waals surface area (Å²) >= 11 is 0. The molecule has 0 radical (unpaired) electrons. The minimum atomic E-state index is -0.614. The summed E-state index contributed by atoms with van der Waals surface area (Å²) < 4.78 is 13.5. The van der Waals surface area contributed by atoms with E-state index in [1.807, 2.05) is 0 Å². The first-order valence-electron chi connectivity index (χ1n) is 15.4. The molecule has 2 heterocycles. The molecule has 0 bridgehead atoms. The smallest absolute Gasteiger partial charge is 0.144 e. The van der Waals surface area contributed by atoms with Gasteiger partial charge in [-0.1, -0.05) is 127 Å². The number of hydrogen-bond acceptors (Lipinski definition) is 2. The highest BCUT2D eigenvalue weighted by atomic mass is 16.5. The molecule has 7 aromatic carbocycles. The first-order chi connectivity index (χ1) is 22.3. The molecule has 8 aromatic rings. The van der Waals surface area contributed by atoms with Crippen LogP contribution in [0.5, 0.6) is 11.5 Å². The summed E-state index contributed by atoms with van der Waals surface area (Å²) in [7, 11) is 0. The summed E-state index contributed by atoms with van der Waals surface area (Å²) in [6, 6.07) is 56.3. The van der Waals surface area contributed by atoms with Gasteiger partial charge in [-0.25, -0.2) is 0 Å². The fraction of sp³-hybridized carbons (Fsp3) is 0.0233. The quantitative estimate of drug-likeness (QED) is 0.205. The van der Waals surface area contributed by atoms with Crippen molar-refractivity contribution in [3.05, 3.63) is 180 Å². The number of fused-ring (bicyclic) bond motifs is 13. The van der Waals surface area contributed by atoms with Gasteiger partial charge in [-0.15, -0.1) is 0 Å². The van der Waals surface area contributed by atoms with Crippen LogP contribution in [-0.2, 0) is 5.41 Å². The molecule has 10 rings (SSSR count). The predicted molar refractivity (Wildman–Crippen MR) is 182 cm³/mol. The third kappa shape index (κ3) is 3.23. The number of furan rings is 1. The van der Waals surface area contributed by atoms with Crippen LogP contribution in [-0.4, -0.2) is 0 Å². The second kappa shape index (κ2) is 9.07. The van der Waals surface area contributed by atoms with Gasteiger partial charge in [-0.05, 0) is 69.3 Å². The Labute approximate surface area is 260 Å². The van der Waals surface area contributed by atoms with E-state index in [2.05, 4.69) is 158 Å². The molecule has 1 aliphatic carbocycles. The molecule has 0 amide bonds. The average molecular weight is 575 g/mol. The summed E-state index contributed by atoms with van der Waals surface area (Å²) in [6.07, 6.45) is 0. The summed E-state index contributed by atoms with van der Waals surface area (Å²) in [5.41, 5.74) is 13.0. The van der Waals surface area contributed by atoms with E-state index >= 15 is 0 Å². The zero-order valence-corrected chi connectivity index (χ0v) is 24.3. The Bertz CT molecular complexity index is 2410. The molecule has 2 nitrogen and oxygen atoms in total. The van der Waals surface area contributed by atoms with E-state index in [9.17, 15) is 0 Å². The molecular formula is C43H26O2. The first kappa shape index (κ1) is 24.6. The molecule has 0 fully saturated rings. The molecule has 2 aliphatic rings. The van der Waals surface area contributed by atoms with Crippen molar-refractivity contribution in [3.63, 3.8) is 0 Å². The Morgan fingerprint density at radius 1 is 0.422 bits per heavy atom. The largest absolute Gasteiger partial charge is 0.457 e. The lowest BCUT2D eigenvalue weighted by Crippen LogP contribution is -2.32. The van der Waals surface area contributed by atoms with E-state index in [-0.39, 0.29) is 0 Å².